The van der Waals surface area contributed by atoms with Crippen LogP contribution in [0.2, 0.25) is 0 Å². The first-order valence-electron chi connectivity index (χ1n) is 17.6. The van der Waals surface area contributed by atoms with E-state index in [-0.39, 0.29) is 42.1 Å². The molecule has 258 valence electrons. The molecule has 0 amide bonds. The molecular weight excluding hydrogens is 605 g/mol. The Morgan fingerprint density at radius 2 is 1.81 bits per heavy atom. The van der Waals surface area contributed by atoms with Gasteiger partial charge in [-0.05, 0) is 106 Å². The zero-order valence-corrected chi connectivity index (χ0v) is 27.5. The van der Waals surface area contributed by atoms with Crippen molar-refractivity contribution in [3.63, 3.8) is 0 Å². The SMILES string of the molecule is C[C@H]1O[C@@H](O[C@H]2CC[C@]3(C=NCCc4ccc(F)cc4)[C@@H]4CC[C@]5(C)[C@H](C6=CC(=O)OC6)CC[C@]5(O)[C@H]4CC[C@@]3(O)C2)C[C@@H](O)[C@H]1O. The third-order valence-electron chi connectivity index (χ3n) is 13.4. The van der Waals surface area contributed by atoms with E-state index in [2.05, 4.69) is 6.92 Å². The Morgan fingerprint density at radius 3 is 2.53 bits per heavy atom. The molecule has 0 aromatic heterocycles. The van der Waals surface area contributed by atoms with Gasteiger partial charge in [0.05, 0.1) is 29.5 Å². The van der Waals surface area contributed by atoms with E-state index in [0.29, 0.717) is 58.1 Å². The molecule has 0 bridgehead atoms. The van der Waals surface area contributed by atoms with E-state index in [1.54, 1.807) is 25.1 Å². The first-order chi connectivity index (χ1) is 22.4. The number of aliphatic hydroxyl groups excluding tert-OH is 2. The van der Waals surface area contributed by atoms with Crippen LogP contribution in [0.15, 0.2) is 40.9 Å². The molecule has 4 N–H and O–H groups in total. The molecule has 12 atom stereocenters. The van der Waals surface area contributed by atoms with Crippen LogP contribution in [0.5, 0.6) is 0 Å². The first-order valence-corrected chi connectivity index (χ1v) is 17.6. The van der Waals surface area contributed by atoms with Gasteiger partial charge in [-0.3, -0.25) is 4.99 Å². The number of hydrogen-bond acceptors (Lipinski definition) is 9. The predicted octanol–water partition coefficient (Wildman–Crippen LogP) is 4.03. The van der Waals surface area contributed by atoms with Crippen molar-refractivity contribution in [3.8, 4) is 0 Å². The highest BCUT2D eigenvalue weighted by molar-refractivity contribution is 5.85. The highest BCUT2D eigenvalue weighted by Crippen LogP contribution is 2.70. The van der Waals surface area contributed by atoms with E-state index < -0.39 is 46.6 Å². The summed E-state index contributed by atoms with van der Waals surface area (Å²) in [4.78, 5) is 16.9. The van der Waals surface area contributed by atoms with E-state index in [9.17, 15) is 29.6 Å². The minimum Gasteiger partial charge on any atom is -0.458 e. The number of nitrogens with zero attached hydrogens (tertiary/aromatic N) is 1. The van der Waals surface area contributed by atoms with E-state index in [1.165, 1.54) is 12.1 Å². The zero-order valence-electron chi connectivity index (χ0n) is 27.5. The number of carbonyl (C=O) groups excluding carboxylic acids is 1. The summed E-state index contributed by atoms with van der Waals surface area (Å²) in [5.74, 6) is -0.523. The lowest BCUT2D eigenvalue weighted by molar-refractivity contribution is -0.282. The van der Waals surface area contributed by atoms with Gasteiger partial charge in [0.15, 0.2) is 6.29 Å². The normalized spacial score (nSPS) is 46.4. The van der Waals surface area contributed by atoms with Crippen LogP contribution in [0, 0.1) is 34.4 Å². The van der Waals surface area contributed by atoms with Crippen LogP contribution in [-0.4, -0.2) is 87.7 Å². The largest absolute Gasteiger partial charge is 0.458 e. The van der Waals surface area contributed by atoms with Crippen molar-refractivity contribution in [2.75, 3.05) is 13.2 Å². The first kappa shape index (κ1) is 33.3. The molecule has 6 aliphatic rings. The van der Waals surface area contributed by atoms with E-state index >= 15 is 0 Å². The number of ether oxygens (including phenoxy) is 3. The summed E-state index contributed by atoms with van der Waals surface area (Å²) in [6.45, 7) is 4.71. The molecule has 0 radical (unpaired) electrons. The molecular formula is C37H50FNO8. The number of esters is 1. The van der Waals surface area contributed by atoms with Crippen molar-refractivity contribution >= 4 is 12.2 Å². The number of halogens is 1. The maximum Gasteiger partial charge on any atom is 0.331 e. The number of hydrogen-bond donors (Lipinski definition) is 4. The van der Waals surface area contributed by atoms with E-state index in [0.717, 1.165) is 30.4 Å². The Kier molecular flexibility index (Phi) is 8.70. The van der Waals surface area contributed by atoms with Gasteiger partial charge in [-0.15, -0.1) is 0 Å². The Labute approximate surface area is 276 Å². The summed E-state index contributed by atoms with van der Waals surface area (Å²) in [7, 11) is 0. The Morgan fingerprint density at radius 1 is 1.04 bits per heavy atom. The number of fused-ring (bicyclic) bond motifs is 5. The van der Waals surface area contributed by atoms with Crippen molar-refractivity contribution in [3.05, 3.63) is 47.3 Å². The molecule has 0 unspecified atom stereocenters. The molecule has 0 spiro atoms. The lowest BCUT2D eigenvalue weighted by Crippen LogP contribution is -2.69. The van der Waals surface area contributed by atoms with Gasteiger partial charge in [0.25, 0.3) is 0 Å². The number of carbonyl (C=O) groups is 1. The maximum absolute atomic E-state index is 13.5. The number of benzene rings is 1. The second-order valence-corrected chi connectivity index (χ2v) is 15.6. The highest BCUT2D eigenvalue weighted by Gasteiger charge is 2.71. The van der Waals surface area contributed by atoms with Crippen molar-refractivity contribution in [1.82, 2.24) is 0 Å². The van der Waals surface area contributed by atoms with Gasteiger partial charge in [-0.25, -0.2) is 9.18 Å². The van der Waals surface area contributed by atoms with Crippen LogP contribution in [-0.2, 0) is 25.4 Å². The predicted molar refractivity (Wildman–Crippen MR) is 171 cm³/mol. The minimum atomic E-state index is -1.12. The van der Waals surface area contributed by atoms with Gasteiger partial charge in [0.1, 0.15) is 18.5 Å². The molecule has 10 heteroatoms. The molecule has 1 aromatic carbocycles. The van der Waals surface area contributed by atoms with Crippen LogP contribution in [0.4, 0.5) is 4.39 Å². The second kappa shape index (κ2) is 12.3. The fourth-order valence-electron chi connectivity index (χ4n) is 10.9. The second-order valence-electron chi connectivity index (χ2n) is 15.6. The molecule has 7 rings (SSSR count). The number of cyclic esters (lactones) is 1. The van der Waals surface area contributed by atoms with Gasteiger partial charge in [0, 0.05) is 42.5 Å². The standard InChI is InChI=1S/C37H50FNO8/c1-22-33(42)30(40)18-32(46-22)47-26-7-13-35(21-39-16-11-23-3-5-25(38)6-4-23)28-8-12-34(2)27(24-17-31(41)45-20-24)10-15-37(34,44)29(28)9-14-36(35,43)19-26/h3-6,17,21-22,26-30,32-33,40,42-44H,7-16,18-20H2,1-2H3/t22-,26+,27+,28-,29+,30-,32+,33+,34-,35+,36-,37+/m1/s1. The molecule has 4 saturated carbocycles. The molecule has 2 aliphatic heterocycles. The number of aliphatic imine (C=N–C) groups is 1. The molecule has 5 fully saturated rings. The Hall–Kier alpha value is -2.21. The summed E-state index contributed by atoms with van der Waals surface area (Å²) >= 11 is 0. The highest BCUT2D eigenvalue weighted by atomic mass is 19.1. The van der Waals surface area contributed by atoms with Crippen LogP contribution >= 0.6 is 0 Å². The van der Waals surface area contributed by atoms with E-state index in [1.807, 2.05) is 6.21 Å². The van der Waals surface area contributed by atoms with E-state index in [4.69, 9.17) is 19.2 Å². The van der Waals surface area contributed by atoms with Gasteiger partial charge in [0.2, 0.25) is 0 Å². The lowest BCUT2D eigenvalue weighted by atomic mass is 9.41. The monoisotopic (exact) mass is 655 g/mol. The Balaban J connectivity index is 1.15. The van der Waals surface area contributed by atoms with Gasteiger partial charge < -0.3 is 34.6 Å². The average molecular weight is 656 g/mol. The number of rotatable bonds is 7. The van der Waals surface area contributed by atoms with Crippen molar-refractivity contribution in [2.45, 2.75) is 126 Å². The fourth-order valence-corrected chi connectivity index (χ4v) is 10.9. The minimum absolute atomic E-state index is 0.00644. The smallest absolute Gasteiger partial charge is 0.331 e. The Bertz CT molecular complexity index is 1390. The van der Waals surface area contributed by atoms with Gasteiger partial charge in [-0.1, -0.05) is 19.1 Å². The summed E-state index contributed by atoms with van der Waals surface area (Å²) < 4.78 is 31.0. The topological polar surface area (TPSA) is 138 Å². The maximum atomic E-state index is 13.5. The molecule has 1 saturated heterocycles. The molecule has 1 aromatic rings. The number of aliphatic hydroxyl groups is 4. The van der Waals surface area contributed by atoms with Crippen LogP contribution < -0.4 is 0 Å². The molecule has 47 heavy (non-hydrogen) atoms. The van der Waals surface area contributed by atoms with Crippen molar-refractivity contribution in [1.29, 1.82) is 0 Å². The summed E-state index contributed by atoms with van der Waals surface area (Å²) in [6, 6.07) is 6.46. The zero-order chi connectivity index (χ0) is 33.2. The van der Waals surface area contributed by atoms with Crippen LogP contribution in [0.3, 0.4) is 0 Å². The van der Waals surface area contributed by atoms with Gasteiger partial charge >= 0.3 is 5.97 Å². The molecule has 9 nitrogen and oxygen atoms in total. The fraction of sp³-hybridized carbons (Fsp3) is 0.730. The van der Waals surface area contributed by atoms with Gasteiger partial charge in [-0.2, -0.15) is 0 Å². The molecule has 4 aliphatic carbocycles. The summed E-state index contributed by atoms with van der Waals surface area (Å²) in [5, 5.41) is 46.0. The van der Waals surface area contributed by atoms with Crippen LogP contribution in [0.1, 0.15) is 83.6 Å². The average Bonchev–Trinajstić information content (AvgIpc) is 3.58. The van der Waals surface area contributed by atoms with Crippen LogP contribution in [0.25, 0.3) is 0 Å². The quantitative estimate of drug-likeness (QED) is 0.196. The van der Waals surface area contributed by atoms with Crippen molar-refractivity contribution in [2.24, 2.45) is 33.6 Å². The summed E-state index contributed by atoms with van der Waals surface area (Å²) in [6.07, 6.45) is 6.93. The van der Waals surface area contributed by atoms with Crippen molar-refractivity contribution < 1.29 is 43.8 Å². The third-order valence-corrected chi connectivity index (χ3v) is 13.4. The lowest BCUT2D eigenvalue weighted by Gasteiger charge is -2.66. The molecule has 2 heterocycles. The summed E-state index contributed by atoms with van der Waals surface area (Å²) in [5.41, 5.74) is -1.15. The third kappa shape index (κ3) is 5.51.